The van der Waals surface area contributed by atoms with Crippen molar-refractivity contribution in [3.05, 3.63) is 83.7 Å². The molecule has 3 heterocycles. The minimum Gasteiger partial charge on any atom is -0.294 e. The Hall–Kier alpha value is -2.98. The summed E-state index contributed by atoms with van der Waals surface area (Å²) in [5.74, 6) is 0. The van der Waals surface area contributed by atoms with Crippen LogP contribution >= 0.6 is 0 Å². The zero-order valence-corrected chi connectivity index (χ0v) is 15.5. The molecule has 2 aromatic carbocycles. The Morgan fingerprint density at radius 1 is 0.926 bits per heavy atom. The fourth-order valence-corrected chi connectivity index (χ4v) is 4.05. The molecule has 0 atom stereocenters. The number of hydrogen-bond donors (Lipinski definition) is 0. The number of hydrogen-bond acceptors (Lipinski definition) is 3. The Morgan fingerprint density at radius 3 is 2.74 bits per heavy atom. The highest BCUT2D eigenvalue weighted by atomic mass is 15.3. The van der Waals surface area contributed by atoms with Crippen molar-refractivity contribution in [2.45, 2.75) is 19.5 Å². The van der Waals surface area contributed by atoms with Crippen molar-refractivity contribution in [3.63, 3.8) is 0 Å². The molecular weight excluding hydrogens is 332 g/mol. The molecule has 0 aliphatic carbocycles. The summed E-state index contributed by atoms with van der Waals surface area (Å²) in [6.45, 7) is 3.02. The first-order chi connectivity index (χ1) is 13.3. The Bertz CT molecular complexity index is 1110. The van der Waals surface area contributed by atoms with Crippen molar-refractivity contribution < 1.29 is 0 Å². The summed E-state index contributed by atoms with van der Waals surface area (Å²) in [6, 6.07) is 21.4. The van der Waals surface area contributed by atoms with Crippen molar-refractivity contribution in [1.82, 2.24) is 19.7 Å². The molecule has 4 nitrogen and oxygen atoms in total. The molecular formula is C23H22N4. The topological polar surface area (TPSA) is 34.0 Å². The predicted octanol–water partition coefficient (Wildman–Crippen LogP) is 4.19. The summed E-state index contributed by atoms with van der Waals surface area (Å²) < 4.78 is 1.96. The highest BCUT2D eigenvalue weighted by Gasteiger charge is 2.22. The van der Waals surface area contributed by atoms with Gasteiger partial charge in [-0.05, 0) is 29.3 Å². The number of benzene rings is 2. The number of fused-ring (bicyclic) bond motifs is 2. The third kappa shape index (κ3) is 3.02. The largest absolute Gasteiger partial charge is 0.294 e. The average molecular weight is 354 g/mol. The number of rotatable bonds is 4. The van der Waals surface area contributed by atoms with Gasteiger partial charge in [-0.3, -0.25) is 14.6 Å². The van der Waals surface area contributed by atoms with Crippen LogP contribution in [0.25, 0.3) is 22.2 Å². The van der Waals surface area contributed by atoms with Crippen LogP contribution in [-0.4, -0.2) is 26.2 Å². The van der Waals surface area contributed by atoms with E-state index in [-0.39, 0.29) is 0 Å². The number of aromatic nitrogens is 3. The Kier molecular flexibility index (Phi) is 3.98. The lowest BCUT2D eigenvalue weighted by Crippen LogP contribution is -2.19. The molecule has 2 aromatic heterocycles. The van der Waals surface area contributed by atoms with E-state index in [1.807, 2.05) is 17.9 Å². The van der Waals surface area contributed by atoms with Crippen LogP contribution in [0, 0.1) is 0 Å². The summed E-state index contributed by atoms with van der Waals surface area (Å²) >= 11 is 0. The highest BCUT2D eigenvalue weighted by molar-refractivity contribution is 5.78. The van der Waals surface area contributed by atoms with Gasteiger partial charge >= 0.3 is 0 Å². The Labute approximate surface area is 159 Å². The first-order valence-corrected chi connectivity index (χ1v) is 9.44. The molecule has 5 rings (SSSR count). The molecule has 0 bridgehead atoms. The summed E-state index contributed by atoms with van der Waals surface area (Å²) in [5, 5.41) is 5.54. The molecule has 0 amide bonds. The fourth-order valence-electron chi connectivity index (χ4n) is 4.05. The molecule has 0 radical (unpaired) electrons. The molecule has 1 aliphatic rings. The lowest BCUT2D eigenvalue weighted by atomic mass is 10.0. The van der Waals surface area contributed by atoms with Gasteiger partial charge in [-0.1, -0.05) is 42.5 Å². The summed E-state index contributed by atoms with van der Waals surface area (Å²) in [7, 11) is 2.01. The third-order valence-electron chi connectivity index (χ3n) is 5.49. The maximum atomic E-state index is 4.82. The lowest BCUT2D eigenvalue weighted by Gasteiger charge is -2.15. The van der Waals surface area contributed by atoms with Crippen molar-refractivity contribution in [3.8, 4) is 11.3 Å². The molecule has 0 saturated heterocycles. The number of aryl methyl sites for hydroxylation is 1. The zero-order valence-electron chi connectivity index (χ0n) is 15.5. The molecule has 134 valence electrons. The van der Waals surface area contributed by atoms with Gasteiger partial charge in [0.2, 0.25) is 0 Å². The fraction of sp³-hybridized carbons (Fsp3) is 0.217. The number of para-hydroxylation sites is 1. The van der Waals surface area contributed by atoms with E-state index in [2.05, 4.69) is 70.7 Å². The monoisotopic (exact) mass is 354 g/mol. The molecule has 4 heteroatoms. The standard InChI is InChI=1S/C23H22N4/c1-26-23(11-13-24-26)20-7-4-6-18-15-27(16-21(18)20)14-12-19-10-9-17-5-2-3-8-22(17)25-19/h2-11,13H,12,14-16H2,1H3. The van der Waals surface area contributed by atoms with Crippen molar-refractivity contribution in [2.75, 3.05) is 6.54 Å². The van der Waals surface area contributed by atoms with E-state index in [0.29, 0.717) is 0 Å². The van der Waals surface area contributed by atoms with Crippen LogP contribution in [0.3, 0.4) is 0 Å². The van der Waals surface area contributed by atoms with Gasteiger partial charge in [-0.25, -0.2) is 0 Å². The summed E-state index contributed by atoms with van der Waals surface area (Å²) in [5.41, 5.74) is 7.60. The second kappa shape index (κ2) is 6.63. The van der Waals surface area contributed by atoms with Gasteiger partial charge in [0.25, 0.3) is 0 Å². The Morgan fingerprint density at radius 2 is 1.85 bits per heavy atom. The van der Waals surface area contributed by atoms with Crippen LogP contribution in [-0.2, 0) is 26.6 Å². The average Bonchev–Trinajstić information content (AvgIpc) is 3.31. The second-order valence-corrected chi connectivity index (χ2v) is 7.24. The van der Waals surface area contributed by atoms with E-state index in [0.717, 1.165) is 37.3 Å². The quantitative estimate of drug-likeness (QED) is 0.551. The van der Waals surface area contributed by atoms with Crippen LogP contribution in [0.2, 0.25) is 0 Å². The van der Waals surface area contributed by atoms with Crippen LogP contribution in [0.4, 0.5) is 0 Å². The van der Waals surface area contributed by atoms with Crippen LogP contribution in [0.5, 0.6) is 0 Å². The lowest BCUT2D eigenvalue weighted by molar-refractivity contribution is 0.287. The van der Waals surface area contributed by atoms with E-state index in [4.69, 9.17) is 4.98 Å². The molecule has 0 unspecified atom stereocenters. The van der Waals surface area contributed by atoms with Crippen molar-refractivity contribution in [1.29, 1.82) is 0 Å². The van der Waals surface area contributed by atoms with E-state index >= 15 is 0 Å². The number of nitrogens with zero attached hydrogens (tertiary/aromatic N) is 4. The van der Waals surface area contributed by atoms with Gasteiger partial charge in [0.1, 0.15) is 0 Å². The third-order valence-corrected chi connectivity index (χ3v) is 5.49. The predicted molar refractivity (Wildman–Crippen MR) is 108 cm³/mol. The molecule has 4 aromatic rings. The molecule has 27 heavy (non-hydrogen) atoms. The van der Waals surface area contributed by atoms with Crippen molar-refractivity contribution >= 4 is 10.9 Å². The summed E-state index contributed by atoms with van der Waals surface area (Å²) in [4.78, 5) is 7.33. The zero-order chi connectivity index (χ0) is 18.2. The molecule has 0 spiro atoms. The maximum Gasteiger partial charge on any atom is 0.0705 e. The minimum atomic E-state index is 0.972. The van der Waals surface area contributed by atoms with Gasteiger partial charge in [-0.15, -0.1) is 0 Å². The van der Waals surface area contributed by atoms with Crippen LogP contribution in [0.15, 0.2) is 66.9 Å². The minimum absolute atomic E-state index is 0.972. The molecule has 1 aliphatic heterocycles. The highest BCUT2D eigenvalue weighted by Crippen LogP contribution is 2.32. The van der Waals surface area contributed by atoms with Gasteiger partial charge < -0.3 is 0 Å². The summed E-state index contributed by atoms with van der Waals surface area (Å²) in [6.07, 6.45) is 2.84. The Balaban J connectivity index is 1.33. The second-order valence-electron chi connectivity index (χ2n) is 7.24. The van der Waals surface area contributed by atoms with E-state index in [1.54, 1.807) is 0 Å². The molecule has 0 saturated carbocycles. The van der Waals surface area contributed by atoms with Gasteiger partial charge in [-0.2, -0.15) is 5.10 Å². The van der Waals surface area contributed by atoms with Gasteiger partial charge in [0.05, 0.1) is 11.2 Å². The van der Waals surface area contributed by atoms with Crippen LogP contribution < -0.4 is 0 Å². The van der Waals surface area contributed by atoms with Crippen LogP contribution in [0.1, 0.15) is 16.8 Å². The van der Waals surface area contributed by atoms with Crippen molar-refractivity contribution in [2.24, 2.45) is 7.05 Å². The first-order valence-electron chi connectivity index (χ1n) is 9.44. The van der Waals surface area contributed by atoms with E-state index in [9.17, 15) is 0 Å². The SMILES string of the molecule is Cn1nccc1-c1cccc2c1CN(CCc1ccc3ccccc3n1)C2. The number of pyridine rings is 1. The normalized spacial score (nSPS) is 14.0. The van der Waals surface area contributed by atoms with Gasteiger partial charge in [0.15, 0.2) is 0 Å². The molecule has 0 fully saturated rings. The van der Waals surface area contributed by atoms with E-state index in [1.165, 1.54) is 27.8 Å². The van der Waals surface area contributed by atoms with Gasteiger partial charge in [0, 0.05) is 55.9 Å². The maximum absolute atomic E-state index is 4.82. The first kappa shape index (κ1) is 16.2. The molecule has 0 N–H and O–H groups in total. The van der Waals surface area contributed by atoms with E-state index < -0.39 is 0 Å². The smallest absolute Gasteiger partial charge is 0.0705 e.